The Labute approximate surface area is 189 Å². The highest BCUT2D eigenvalue weighted by Gasteiger charge is 2.61. The van der Waals surface area contributed by atoms with E-state index >= 15 is 0 Å². The molecule has 3 aromatic carbocycles. The topological polar surface area (TPSA) is 82.1 Å². The van der Waals surface area contributed by atoms with Gasteiger partial charge in [-0.3, -0.25) is 14.4 Å². The molecule has 32 heavy (non-hydrogen) atoms. The number of nitrogens with zero attached hydrogens (tertiary/aromatic N) is 3. The van der Waals surface area contributed by atoms with Gasteiger partial charge in [0.25, 0.3) is 5.91 Å². The number of anilines is 1. The Kier molecular flexibility index (Phi) is 4.74. The largest absolute Gasteiger partial charge is 0.304 e. The van der Waals surface area contributed by atoms with Gasteiger partial charge >= 0.3 is 0 Å². The SMILES string of the molecule is CC(=O)NC1=NN(C(C)=O)[C@]2(S1)C(=O)N(Cc1cccc3ccccc13)c1ccccc12. The lowest BCUT2D eigenvalue weighted by atomic mass is 10.0. The van der Waals surface area contributed by atoms with Crippen LogP contribution >= 0.6 is 11.8 Å². The number of amidine groups is 1. The molecule has 0 aliphatic carbocycles. The van der Waals surface area contributed by atoms with Gasteiger partial charge in [0.2, 0.25) is 16.7 Å². The maximum atomic E-state index is 14.0. The summed E-state index contributed by atoms with van der Waals surface area (Å²) in [5.41, 5.74) is 2.40. The van der Waals surface area contributed by atoms with Crippen molar-refractivity contribution in [2.24, 2.45) is 5.10 Å². The highest BCUT2D eigenvalue weighted by Crippen LogP contribution is 2.54. The van der Waals surface area contributed by atoms with Crippen LogP contribution in [0, 0.1) is 0 Å². The molecule has 0 saturated carbocycles. The first-order valence-electron chi connectivity index (χ1n) is 10.2. The number of hydrogen-bond acceptors (Lipinski definition) is 5. The van der Waals surface area contributed by atoms with Crippen molar-refractivity contribution in [3.63, 3.8) is 0 Å². The Hall–Kier alpha value is -3.65. The van der Waals surface area contributed by atoms with E-state index in [0.29, 0.717) is 12.1 Å². The zero-order valence-electron chi connectivity index (χ0n) is 17.5. The number of hydrazone groups is 1. The molecule has 0 radical (unpaired) electrons. The van der Waals surface area contributed by atoms with Gasteiger partial charge in [-0.15, -0.1) is 5.10 Å². The van der Waals surface area contributed by atoms with Gasteiger partial charge in [0.05, 0.1) is 12.2 Å². The van der Waals surface area contributed by atoms with E-state index in [4.69, 9.17) is 0 Å². The molecule has 0 saturated heterocycles. The second kappa shape index (κ2) is 7.49. The molecule has 2 heterocycles. The summed E-state index contributed by atoms with van der Waals surface area (Å²) in [6, 6.07) is 21.5. The van der Waals surface area contributed by atoms with Gasteiger partial charge in [0, 0.05) is 19.4 Å². The number of benzene rings is 3. The van der Waals surface area contributed by atoms with Crippen molar-refractivity contribution in [1.82, 2.24) is 10.3 Å². The van der Waals surface area contributed by atoms with Crippen molar-refractivity contribution >= 4 is 51.1 Å². The predicted molar refractivity (Wildman–Crippen MR) is 125 cm³/mol. The Morgan fingerprint density at radius 3 is 2.50 bits per heavy atom. The number of nitrogens with one attached hydrogen (secondary N) is 1. The van der Waals surface area contributed by atoms with Gasteiger partial charge in [-0.05, 0) is 34.2 Å². The molecule has 0 bridgehead atoms. The Balaban J connectivity index is 1.61. The van der Waals surface area contributed by atoms with Crippen LogP contribution in [-0.4, -0.2) is 27.9 Å². The summed E-state index contributed by atoms with van der Waals surface area (Å²) in [6.07, 6.45) is 0. The van der Waals surface area contributed by atoms with Crippen molar-refractivity contribution in [3.05, 3.63) is 77.9 Å². The van der Waals surface area contributed by atoms with Crippen molar-refractivity contribution in [3.8, 4) is 0 Å². The van der Waals surface area contributed by atoms with E-state index in [1.54, 1.807) is 4.90 Å². The molecule has 1 N–H and O–H groups in total. The fourth-order valence-electron chi connectivity index (χ4n) is 4.32. The fraction of sp³-hybridized carbons (Fsp3) is 0.167. The number of carbonyl (C=O) groups is 3. The molecule has 2 aliphatic heterocycles. The normalized spacial score (nSPS) is 19.4. The van der Waals surface area contributed by atoms with E-state index in [1.807, 2.05) is 66.7 Å². The smallest absolute Gasteiger partial charge is 0.271 e. The average molecular weight is 445 g/mol. The van der Waals surface area contributed by atoms with E-state index in [9.17, 15) is 14.4 Å². The predicted octanol–water partition coefficient (Wildman–Crippen LogP) is 3.54. The van der Waals surface area contributed by atoms with Crippen LogP contribution in [0.4, 0.5) is 5.69 Å². The van der Waals surface area contributed by atoms with Crippen molar-refractivity contribution in [2.75, 3.05) is 4.90 Å². The number of thioether (sulfide) groups is 1. The minimum atomic E-state index is -1.38. The minimum absolute atomic E-state index is 0.225. The van der Waals surface area contributed by atoms with E-state index < -0.39 is 4.87 Å². The molecular formula is C24H20N4O3S. The minimum Gasteiger partial charge on any atom is -0.304 e. The molecule has 7 nitrogen and oxygen atoms in total. The molecule has 2 aliphatic rings. The van der Waals surface area contributed by atoms with Gasteiger partial charge in [-0.1, -0.05) is 60.7 Å². The van der Waals surface area contributed by atoms with Gasteiger partial charge in [-0.25, -0.2) is 0 Å². The first-order chi connectivity index (χ1) is 15.4. The number of fused-ring (bicyclic) bond motifs is 3. The standard InChI is InChI=1S/C24H20N4O3S/c1-15(29)25-23-26-28(16(2)30)24(32-23)20-12-5-6-13-21(20)27(22(24)31)14-18-10-7-9-17-8-3-4-11-19(17)18/h3-13H,14H2,1-2H3,(H,25,26,29)/t24-/m1/s1. The lowest BCUT2D eigenvalue weighted by Gasteiger charge is -2.29. The number of amides is 3. The van der Waals surface area contributed by atoms with Crippen LogP contribution in [-0.2, 0) is 25.8 Å². The van der Waals surface area contributed by atoms with E-state index in [-0.39, 0.29) is 22.9 Å². The third kappa shape index (κ3) is 2.98. The quantitative estimate of drug-likeness (QED) is 0.656. The fourth-order valence-corrected chi connectivity index (χ4v) is 5.66. The molecule has 3 amide bonds. The van der Waals surface area contributed by atoms with Crippen LogP contribution in [0.5, 0.6) is 0 Å². The summed E-state index contributed by atoms with van der Waals surface area (Å²) < 4.78 is 0. The maximum Gasteiger partial charge on any atom is 0.271 e. The first-order valence-corrected chi connectivity index (χ1v) is 11.0. The van der Waals surface area contributed by atoms with E-state index in [0.717, 1.165) is 33.8 Å². The maximum absolute atomic E-state index is 14.0. The number of para-hydroxylation sites is 1. The molecule has 0 fully saturated rings. The monoisotopic (exact) mass is 444 g/mol. The van der Waals surface area contributed by atoms with E-state index in [1.165, 1.54) is 18.9 Å². The highest BCUT2D eigenvalue weighted by atomic mass is 32.2. The van der Waals surface area contributed by atoms with Crippen molar-refractivity contribution in [1.29, 1.82) is 0 Å². The third-order valence-electron chi connectivity index (χ3n) is 5.62. The lowest BCUT2D eigenvalue weighted by Crippen LogP contribution is -2.48. The number of carbonyl (C=O) groups excluding carboxylic acids is 3. The van der Waals surface area contributed by atoms with Gasteiger partial charge in [0.1, 0.15) is 0 Å². The molecule has 3 aromatic rings. The molecular weight excluding hydrogens is 424 g/mol. The molecule has 160 valence electrons. The highest BCUT2D eigenvalue weighted by molar-refractivity contribution is 8.15. The molecule has 8 heteroatoms. The molecule has 5 rings (SSSR count). The van der Waals surface area contributed by atoms with Crippen LogP contribution in [0.15, 0.2) is 71.8 Å². The number of hydrogen-bond donors (Lipinski definition) is 1. The molecule has 1 atom stereocenters. The van der Waals surface area contributed by atoms with Crippen LogP contribution in [0.3, 0.4) is 0 Å². The van der Waals surface area contributed by atoms with Crippen LogP contribution < -0.4 is 10.2 Å². The van der Waals surface area contributed by atoms with Crippen molar-refractivity contribution in [2.45, 2.75) is 25.3 Å². The average Bonchev–Trinajstić information content (AvgIpc) is 3.26. The Morgan fingerprint density at radius 2 is 1.72 bits per heavy atom. The summed E-state index contributed by atoms with van der Waals surface area (Å²) in [5, 5.41) is 10.5. The Bertz CT molecular complexity index is 1320. The van der Waals surface area contributed by atoms with E-state index in [2.05, 4.69) is 10.4 Å². The molecule has 1 spiro atoms. The summed E-state index contributed by atoms with van der Waals surface area (Å²) in [6.45, 7) is 3.08. The third-order valence-corrected chi connectivity index (χ3v) is 6.86. The van der Waals surface area contributed by atoms with Crippen LogP contribution in [0.2, 0.25) is 0 Å². The second-order valence-corrected chi connectivity index (χ2v) is 8.89. The summed E-state index contributed by atoms with van der Waals surface area (Å²) in [4.78, 5) is 38.5. The van der Waals surface area contributed by atoms with Crippen LogP contribution in [0.1, 0.15) is 25.0 Å². The zero-order valence-corrected chi connectivity index (χ0v) is 18.3. The molecule has 0 unspecified atom stereocenters. The van der Waals surface area contributed by atoms with Crippen LogP contribution in [0.25, 0.3) is 10.8 Å². The lowest BCUT2D eigenvalue weighted by molar-refractivity contribution is -0.139. The Morgan fingerprint density at radius 1 is 1.00 bits per heavy atom. The number of rotatable bonds is 2. The molecule has 0 aromatic heterocycles. The van der Waals surface area contributed by atoms with Crippen molar-refractivity contribution < 1.29 is 14.4 Å². The van der Waals surface area contributed by atoms with Gasteiger partial charge in [0.15, 0.2) is 5.17 Å². The van der Waals surface area contributed by atoms with Gasteiger partial charge < -0.3 is 10.2 Å². The summed E-state index contributed by atoms with van der Waals surface area (Å²) in [7, 11) is 0. The summed E-state index contributed by atoms with van der Waals surface area (Å²) in [5.74, 6) is -0.966. The van der Waals surface area contributed by atoms with Gasteiger partial charge in [-0.2, -0.15) is 5.01 Å². The second-order valence-electron chi connectivity index (χ2n) is 7.71. The summed E-state index contributed by atoms with van der Waals surface area (Å²) >= 11 is 1.09. The first kappa shape index (κ1) is 20.3. The zero-order chi connectivity index (χ0) is 22.5.